The van der Waals surface area contributed by atoms with Gasteiger partial charge in [-0.25, -0.2) is 4.79 Å². The molecule has 0 heterocycles. The first-order chi connectivity index (χ1) is 11.4. The largest absolute Gasteiger partial charge is 0.491 e. The van der Waals surface area contributed by atoms with Crippen LogP contribution in [0.15, 0.2) is 24.3 Å². The summed E-state index contributed by atoms with van der Waals surface area (Å²) >= 11 is 0. The van der Waals surface area contributed by atoms with E-state index in [4.69, 9.17) is 19.3 Å². The predicted molar refractivity (Wildman–Crippen MR) is 88.3 cm³/mol. The molecular formula is C17H25NO6. The highest BCUT2D eigenvalue weighted by Gasteiger charge is 2.23. The van der Waals surface area contributed by atoms with Gasteiger partial charge < -0.3 is 24.6 Å². The zero-order chi connectivity index (χ0) is 17.9. The summed E-state index contributed by atoms with van der Waals surface area (Å²) in [5.41, 5.74) is 0. The molecule has 7 heteroatoms. The van der Waals surface area contributed by atoms with E-state index < -0.39 is 17.9 Å². The Bertz CT molecular complexity index is 514. The van der Waals surface area contributed by atoms with Crippen LogP contribution in [-0.2, 0) is 14.3 Å². The number of hydrogen-bond donors (Lipinski definition) is 2. The summed E-state index contributed by atoms with van der Waals surface area (Å²) in [6.45, 7) is 6.76. The Morgan fingerprint density at radius 3 is 2.17 bits per heavy atom. The SMILES string of the molecule is CCOCCOc1ccc(OCC(=O)NC(C(=O)O)C(C)C)cc1. The molecular weight excluding hydrogens is 314 g/mol. The van der Waals surface area contributed by atoms with Crippen LogP contribution >= 0.6 is 0 Å². The molecule has 1 atom stereocenters. The maximum absolute atomic E-state index is 11.8. The second kappa shape index (κ2) is 10.5. The van der Waals surface area contributed by atoms with Gasteiger partial charge in [-0.3, -0.25) is 4.79 Å². The van der Waals surface area contributed by atoms with Crippen molar-refractivity contribution in [3.8, 4) is 11.5 Å². The molecule has 1 aromatic rings. The zero-order valence-electron chi connectivity index (χ0n) is 14.3. The van der Waals surface area contributed by atoms with Crippen molar-refractivity contribution >= 4 is 11.9 Å². The highest BCUT2D eigenvalue weighted by atomic mass is 16.5. The average molecular weight is 339 g/mol. The number of carboxylic acid groups (broad SMARTS) is 1. The van der Waals surface area contributed by atoms with Gasteiger partial charge in [-0.15, -0.1) is 0 Å². The summed E-state index contributed by atoms with van der Waals surface area (Å²) in [5, 5.41) is 11.5. The Hall–Kier alpha value is -2.28. The molecule has 0 spiro atoms. The molecule has 0 aliphatic heterocycles. The summed E-state index contributed by atoms with van der Waals surface area (Å²) < 4.78 is 16.0. The van der Waals surface area contributed by atoms with Crippen LogP contribution in [-0.4, -0.2) is 49.5 Å². The van der Waals surface area contributed by atoms with Gasteiger partial charge in [0.25, 0.3) is 5.91 Å². The average Bonchev–Trinajstić information content (AvgIpc) is 2.55. The van der Waals surface area contributed by atoms with Gasteiger partial charge in [0, 0.05) is 6.61 Å². The molecule has 134 valence electrons. The third kappa shape index (κ3) is 7.32. The summed E-state index contributed by atoms with van der Waals surface area (Å²) in [4.78, 5) is 22.8. The van der Waals surface area contributed by atoms with Crippen LogP contribution in [0.5, 0.6) is 11.5 Å². The standard InChI is InChI=1S/C17H25NO6/c1-4-22-9-10-23-13-5-7-14(8-6-13)24-11-15(19)18-16(12(2)3)17(20)21/h5-8,12,16H,4,9-11H2,1-3H3,(H,18,19)(H,20,21). The van der Waals surface area contributed by atoms with Crippen molar-refractivity contribution < 1.29 is 28.9 Å². The zero-order valence-corrected chi connectivity index (χ0v) is 14.3. The van der Waals surface area contributed by atoms with Crippen molar-refractivity contribution in [3.05, 3.63) is 24.3 Å². The van der Waals surface area contributed by atoms with Gasteiger partial charge in [0.2, 0.25) is 0 Å². The lowest BCUT2D eigenvalue weighted by Crippen LogP contribution is -2.46. The number of amides is 1. The van der Waals surface area contributed by atoms with Crippen LogP contribution in [0, 0.1) is 5.92 Å². The van der Waals surface area contributed by atoms with Gasteiger partial charge in [0.15, 0.2) is 6.61 Å². The summed E-state index contributed by atoms with van der Waals surface area (Å²) in [7, 11) is 0. The number of aliphatic carboxylic acids is 1. The molecule has 0 saturated heterocycles. The molecule has 1 aromatic carbocycles. The van der Waals surface area contributed by atoms with Gasteiger partial charge in [-0.1, -0.05) is 13.8 Å². The van der Waals surface area contributed by atoms with Crippen molar-refractivity contribution in [2.75, 3.05) is 26.4 Å². The van der Waals surface area contributed by atoms with Crippen LogP contribution in [0.3, 0.4) is 0 Å². The number of benzene rings is 1. The first kappa shape index (κ1) is 19.8. The van der Waals surface area contributed by atoms with Gasteiger partial charge in [-0.2, -0.15) is 0 Å². The number of carbonyl (C=O) groups is 2. The fourth-order valence-corrected chi connectivity index (χ4v) is 1.87. The van der Waals surface area contributed by atoms with E-state index in [9.17, 15) is 9.59 Å². The topological polar surface area (TPSA) is 94.1 Å². The summed E-state index contributed by atoms with van der Waals surface area (Å²) in [5.74, 6) is -0.574. The first-order valence-electron chi connectivity index (χ1n) is 7.89. The first-order valence-corrected chi connectivity index (χ1v) is 7.89. The molecule has 7 nitrogen and oxygen atoms in total. The smallest absolute Gasteiger partial charge is 0.326 e. The van der Waals surface area contributed by atoms with E-state index in [0.717, 1.165) is 0 Å². The van der Waals surface area contributed by atoms with Crippen molar-refractivity contribution in [1.29, 1.82) is 0 Å². The van der Waals surface area contributed by atoms with E-state index in [1.807, 2.05) is 6.92 Å². The maximum atomic E-state index is 11.8. The minimum Gasteiger partial charge on any atom is -0.491 e. The molecule has 0 radical (unpaired) electrons. The quantitative estimate of drug-likeness (QED) is 0.596. The molecule has 0 aliphatic carbocycles. The Labute approximate surface area is 141 Å². The van der Waals surface area contributed by atoms with E-state index >= 15 is 0 Å². The maximum Gasteiger partial charge on any atom is 0.326 e. The van der Waals surface area contributed by atoms with Crippen molar-refractivity contribution in [2.24, 2.45) is 5.92 Å². The van der Waals surface area contributed by atoms with E-state index in [2.05, 4.69) is 5.32 Å². The normalized spacial score (nSPS) is 11.8. The van der Waals surface area contributed by atoms with E-state index in [0.29, 0.717) is 31.3 Å². The fourth-order valence-electron chi connectivity index (χ4n) is 1.87. The summed E-state index contributed by atoms with van der Waals surface area (Å²) in [6.07, 6.45) is 0. The van der Waals surface area contributed by atoms with Crippen molar-refractivity contribution in [2.45, 2.75) is 26.8 Å². The Kier molecular flexibility index (Phi) is 8.64. The Balaban J connectivity index is 2.38. The lowest BCUT2D eigenvalue weighted by molar-refractivity contribution is -0.143. The molecule has 0 aromatic heterocycles. The lowest BCUT2D eigenvalue weighted by atomic mass is 10.1. The van der Waals surface area contributed by atoms with Crippen molar-refractivity contribution in [3.63, 3.8) is 0 Å². The predicted octanol–water partition coefficient (Wildman–Crippen LogP) is 1.71. The molecule has 0 fully saturated rings. The summed E-state index contributed by atoms with van der Waals surface area (Å²) in [6, 6.07) is 5.89. The van der Waals surface area contributed by atoms with E-state index in [1.165, 1.54) is 0 Å². The van der Waals surface area contributed by atoms with E-state index in [1.54, 1.807) is 38.1 Å². The van der Waals surface area contributed by atoms with Crippen LogP contribution in [0.4, 0.5) is 0 Å². The Morgan fingerprint density at radius 1 is 1.08 bits per heavy atom. The van der Waals surface area contributed by atoms with E-state index in [-0.39, 0.29) is 12.5 Å². The number of ether oxygens (including phenoxy) is 3. The van der Waals surface area contributed by atoms with Crippen molar-refractivity contribution in [1.82, 2.24) is 5.32 Å². The highest BCUT2D eigenvalue weighted by molar-refractivity contribution is 5.84. The second-order valence-electron chi connectivity index (χ2n) is 5.43. The van der Waals surface area contributed by atoms with Crippen LogP contribution in [0.1, 0.15) is 20.8 Å². The minimum absolute atomic E-state index is 0.209. The lowest BCUT2D eigenvalue weighted by Gasteiger charge is -2.18. The third-order valence-electron chi connectivity index (χ3n) is 3.14. The van der Waals surface area contributed by atoms with Gasteiger partial charge >= 0.3 is 5.97 Å². The number of rotatable bonds is 11. The number of carboxylic acids is 1. The van der Waals surface area contributed by atoms with Gasteiger partial charge in [-0.05, 0) is 37.1 Å². The fraction of sp³-hybridized carbons (Fsp3) is 0.529. The third-order valence-corrected chi connectivity index (χ3v) is 3.14. The second-order valence-corrected chi connectivity index (χ2v) is 5.43. The minimum atomic E-state index is -1.06. The molecule has 24 heavy (non-hydrogen) atoms. The molecule has 1 unspecified atom stereocenters. The molecule has 0 aliphatic rings. The Morgan fingerprint density at radius 2 is 1.67 bits per heavy atom. The molecule has 0 bridgehead atoms. The highest BCUT2D eigenvalue weighted by Crippen LogP contribution is 2.17. The van der Waals surface area contributed by atoms with Crippen LogP contribution in [0.2, 0.25) is 0 Å². The molecule has 0 saturated carbocycles. The monoisotopic (exact) mass is 339 g/mol. The van der Waals surface area contributed by atoms with Crippen LogP contribution < -0.4 is 14.8 Å². The molecule has 2 N–H and O–H groups in total. The van der Waals surface area contributed by atoms with Gasteiger partial charge in [0.05, 0.1) is 6.61 Å². The number of carbonyl (C=O) groups excluding carboxylic acids is 1. The van der Waals surface area contributed by atoms with Gasteiger partial charge in [0.1, 0.15) is 24.1 Å². The number of nitrogens with one attached hydrogen (secondary N) is 1. The van der Waals surface area contributed by atoms with Crippen LogP contribution in [0.25, 0.3) is 0 Å². The molecule has 1 amide bonds. The molecule has 1 rings (SSSR count). The number of hydrogen-bond acceptors (Lipinski definition) is 5.